The monoisotopic (exact) mass is 364 g/mol. The van der Waals surface area contributed by atoms with Crippen molar-refractivity contribution in [3.8, 4) is 17.5 Å². The molecule has 0 aliphatic heterocycles. The molecule has 1 N–H and O–H groups in total. The fourth-order valence-corrected chi connectivity index (χ4v) is 2.94. The molecule has 0 unspecified atom stereocenters. The van der Waals surface area contributed by atoms with Crippen molar-refractivity contribution in [2.24, 2.45) is 0 Å². The Labute approximate surface area is 147 Å². The van der Waals surface area contributed by atoms with Gasteiger partial charge in [-0.25, -0.2) is 12.7 Å². The van der Waals surface area contributed by atoms with Crippen LogP contribution in [0.1, 0.15) is 12.1 Å². The number of oxazole rings is 1. The molecule has 0 aliphatic rings. The van der Waals surface area contributed by atoms with Crippen LogP contribution >= 0.6 is 0 Å². The maximum Gasteiger partial charge on any atom is 0.242 e. The topological polar surface area (TPSA) is 108 Å². The summed E-state index contributed by atoms with van der Waals surface area (Å²) in [6.07, 6.45) is 0.758. The van der Waals surface area contributed by atoms with Crippen molar-refractivity contribution < 1.29 is 17.6 Å². The lowest BCUT2D eigenvalue weighted by Crippen LogP contribution is -2.22. The SMILES string of the molecule is COCCCNc1oc(-c2ccc(S(=O)(=O)N(C)C)cc2)nc1C#N. The molecule has 0 saturated heterocycles. The number of hydrogen-bond donors (Lipinski definition) is 1. The molecule has 1 aromatic carbocycles. The zero-order chi connectivity index (χ0) is 18.4. The predicted molar refractivity (Wildman–Crippen MR) is 92.5 cm³/mol. The number of nitriles is 1. The zero-order valence-electron chi connectivity index (χ0n) is 14.3. The Bertz CT molecular complexity index is 851. The van der Waals surface area contributed by atoms with Gasteiger partial charge in [-0.1, -0.05) is 0 Å². The molecular formula is C16H20N4O4S. The van der Waals surface area contributed by atoms with Crippen molar-refractivity contribution in [1.82, 2.24) is 9.29 Å². The van der Waals surface area contributed by atoms with Crippen molar-refractivity contribution in [3.05, 3.63) is 30.0 Å². The van der Waals surface area contributed by atoms with Crippen LogP contribution in [0.4, 0.5) is 5.88 Å². The van der Waals surface area contributed by atoms with Gasteiger partial charge in [-0.15, -0.1) is 0 Å². The minimum Gasteiger partial charge on any atom is -0.419 e. The molecule has 1 aromatic heterocycles. The van der Waals surface area contributed by atoms with Crippen LogP contribution in [-0.4, -0.2) is 52.1 Å². The number of methoxy groups -OCH3 is 1. The third kappa shape index (κ3) is 4.36. The summed E-state index contributed by atoms with van der Waals surface area (Å²) in [5.74, 6) is 0.540. The van der Waals surface area contributed by atoms with Gasteiger partial charge in [0.05, 0.1) is 4.90 Å². The second-order valence-corrected chi connectivity index (χ2v) is 7.55. The summed E-state index contributed by atoms with van der Waals surface area (Å²) in [5.41, 5.74) is 0.733. The van der Waals surface area contributed by atoms with Crippen LogP contribution in [-0.2, 0) is 14.8 Å². The first-order chi connectivity index (χ1) is 11.9. The lowest BCUT2D eigenvalue weighted by molar-refractivity contribution is 0.197. The van der Waals surface area contributed by atoms with Gasteiger partial charge in [-0.2, -0.15) is 10.2 Å². The highest BCUT2D eigenvalue weighted by molar-refractivity contribution is 7.89. The van der Waals surface area contributed by atoms with E-state index in [1.165, 1.54) is 26.2 Å². The Balaban J connectivity index is 2.22. The molecule has 1 heterocycles. The summed E-state index contributed by atoms with van der Waals surface area (Å²) in [6.45, 7) is 1.18. The zero-order valence-corrected chi connectivity index (χ0v) is 15.1. The molecule has 0 saturated carbocycles. The molecule has 9 heteroatoms. The number of rotatable bonds is 8. The number of benzene rings is 1. The Morgan fingerprint density at radius 3 is 2.56 bits per heavy atom. The largest absolute Gasteiger partial charge is 0.419 e. The number of aromatic nitrogens is 1. The van der Waals surface area contributed by atoms with Crippen LogP contribution in [0, 0.1) is 11.3 Å². The smallest absolute Gasteiger partial charge is 0.242 e. The molecule has 0 amide bonds. The van der Waals surface area contributed by atoms with Gasteiger partial charge in [0.15, 0.2) is 0 Å². The molecule has 8 nitrogen and oxygen atoms in total. The molecule has 0 atom stereocenters. The molecule has 0 bridgehead atoms. The van der Waals surface area contributed by atoms with E-state index in [4.69, 9.17) is 9.15 Å². The minimum atomic E-state index is -3.50. The van der Waals surface area contributed by atoms with Crippen molar-refractivity contribution in [2.75, 3.05) is 39.7 Å². The summed E-state index contributed by atoms with van der Waals surface area (Å²) in [7, 11) is 1.06. The predicted octanol–water partition coefficient (Wildman–Crippen LogP) is 1.91. The van der Waals surface area contributed by atoms with Crippen LogP contribution in [0.5, 0.6) is 0 Å². The van der Waals surface area contributed by atoms with Crippen LogP contribution < -0.4 is 5.32 Å². The Kier molecular flexibility index (Phi) is 6.14. The molecule has 0 aliphatic carbocycles. The lowest BCUT2D eigenvalue weighted by atomic mass is 10.2. The van der Waals surface area contributed by atoms with E-state index in [9.17, 15) is 13.7 Å². The molecule has 0 spiro atoms. The van der Waals surface area contributed by atoms with E-state index in [2.05, 4.69) is 10.3 Å². The van der Waals surface area contributed by atoms with Gasteiger partial charge in [0.2, 0.25) is 27.5 Å². The minimum absolute atomic E-state index is 0.150. The van der Waals surface area contributed by atoms with Crippen LogP contribution in [0.3, 0.4) is 0 Å². The second-order valence-electron chi connectivity index (χ2n) is 5.39. The second kappa shape index (κ2) is 8.11. The molecule has 0 fully saturated rings. The summed E-state index contributed by atoms with van der Waals surface area (Å²) < 4.78 is 35.9. The maximum absolute atomic E-state index is 12.1. The summed E-state index contributed by atoms with van der Waals surface area (Å²) in [5, 5.41) is 12.2. The standard InChI is InChI=1S/C16H20N4O4S/c1-20(2)25(21,22)13-7-5-12(6-8-13)15-19-14(11-17)16(24-15)18-9-4-10-23-3/h5-8,18H,4,9-10H2,1-3H3. The van der Waals surface area contributed by atoms with Gasteiger partial charge >= 0.3 is 0 Å². The Morgan fingerprint density at radius 2 is 2.00 bits per heavy atom. The van der Waals surface area contributed by atoms with Crippen LogP contribution in [0.15, 0.2) is 33.6 Å². The number of ether oxygens (including phenoxy) is 1. The summed E-state index contributed by atoms with van der Waals surface area (Å²) >= 11 is 0. The van der Waals surface area contributed by atoms with Gasteiger partial charge in [-0.3, -0.25) is 0 Å². The van der Waals surface area contributed by atoms with E-state index < -0.39 is 10.0 Å². The van der Waals surface area contributed by atoms with E-state index in [0.717, 1.165) is 10.7 Å². The average Bonchev–Trinajstić information content (AvgIpc) is 3.02. The van der Waals surface area contributed by atoms with E-state index >= 15 is 0 Å². The van der Waals surface area contributed by atoms with Crippen molar-refractivity contribution in [1.29, 1.82) is 5.26 Å². The third-order valence-corrected chi connectivity index (χ3v) is 5.25. The van der Waals surface area contributed by atoms with Crippen molar-refractivity contribution in [2.45, 2.75) is 11.3 Å². The Hall–Kier alpha value is -2.41. The highest BCUT2D eigenvalue weighted by Crippen LogP contribution is 2.26. The van der Waals surface area contributed by atoms with Gasteiger partial charge in [0.25, 0.3) is 0 Å². The van der Waals surface area contributed by atoms with Crippen molar-refractivity contribution >= 4 is 15.9 Å². The normalized spacial score (nSPS) is 11.5. The van der Waals surface area contributed by atoms with E-state index in [1.54, 1.807) is 19.2 Å². The van der Waals surface area contributed by atoms with Gasteiger partial charge < -0.3 is 14.5 Å². The van der Waals surface area contributed by atoms with E-state index in [0.29, 0.717) is 24.6 Å². The van der Waals surface area contributed by atoms with Gasteiger partial charge in [0.1, 0.15) is 6.07 Å². The first kappa shape index (κ1) is 18.9. The maximum atomic E-state index is 12.1. The first-order valence-corrected chi connectivity index (χ1v) is 9.01. The summed E-state index contributed by atoms with van der Waals surface area (Å²) in [6, 6.07) is 8.12. The van der Waals surface area contributed by atoms with Crippen molar-refractivity contribution in [3.63, 3.8) is 0 Å². The Morgan fingerprint density at radius 1 is 1.32 bits per heavy atom. The summed E-state index contributed by atoms with van der Waals surface area (Å²) in [4.78, 5) is 4.32. The van der Waals surface area contributed by atoms with E-state index in [1.807, 2.05) is 6.07 Å². The average molecular weight is 364 g/mol. The molecule has 134 valence electrons. The molecule has 2 rings (SSSR count). The lowest BCUT2D eigenvalue weighted by Gasteiger charge is -2.11. The van der Waals surface area contributed by atoms with E-state index in [-0.39, 0.29) is 16.5 Å². The van der Waals surface area contributed by atoms with Crippen LogP contribution in [0.25, 0.3) is 11.5 Å². The number of anilines is 1. The molecule has 2 aromatic rings. The highest BCUT2D eigenvalue weighted by atomic mass is 32.2. The molecule has 25 heavy (non-hydrogen) atoms. The fourth-order valence-electron chi connectivity index (χ4n) is 2.04. The molecule has 0 radical (unpaired) electrons. The van der Waals surface area contributed by atoms with Gasteiger partial charge in [-0.05, 0) is 30.7 Å². The number of sulfonamides is 1. The number of nitrogens with one attached hydrogen (secondary N) is 1. The van der Waals surface area contributed by atoms with Crippen LogP contribution in [0.2, 0.25) is 0 Å². The quantitative estimate of drug-likeness (QED) is 0.713. The number of nitrogens with zero attached hydrogens (tertiary/aromatic N) is 3. The first-order valence-electron chi connectivity index (χ1n) is 7.57. The highest BCUT2D eigenvalue weighted by Gasteiger charge is 2.18. The third-order valence-electron chi connectivity index (χ3n) is 3.42. The fraction of sp³-hybridized carbons (Fsp3) is 0.375. The van der Waals surface area contributed by atoms with Gasteiger partial charge in [0, 0.05) is 39.9 Å². The number of hydrogen-bond acceptors (Lipinski definition) is 7. The molecular weight excluding hydrogens is 344 g/mol.